The summed E-state index contributed by atoms with van der Waals surface area (Å²) in [5.74, 6) is 1.25. The smallest absolute Gasteiger partial charge is 0.228 e. The monoisotopic (exact) mass is 254 g/mol. The molecule has 0 radical (unpaired) electrons. The molecule has 1 fully saturated rings. The number of hydrogen-bond acceptors (Lipinski definition) is 6. The van der Waals surface area contributed by atoms with Crippen molar-refractivity contribution in [2.45, 2.75) is 38.8 Å². The van der Waals surface area contributed by atoms with E-state index in [4.69, 9.17) is 15.0 Å². The van der Waals surface area contributed by atoms with Crippen LogP contribution in [-0.2, 0) is 11.2 Å². The van der Waals surface area contributed by atoms with Gasteiger partial charge in [-0.15, -0.1) is 0 Å². The van der Waals surface area contributed by atoms with Gasteiger partial charge in [0.05, 0.1) is 6.61 Å². The predicted octanol–water partition coefficient (Wildman–Crippen LogP) is 0.743. The average molecular weight is 254 g/mol. The van der Waals surface area contributed by atoms with Crippen molar-refractivity contribution >= 4 is 0 Å². The standard InChI is InChI=1S/C12H22N4O2/c1-3-9(13)7-11-14-12(15-18-11)10-8-16(4-2)5-6-17-10/h9-10H,3-8,13H2,1-2H3. The first kappa shape index (κ1) is 13.5. The molecular weight excluding hydrogens is 232 g/mol. The minimum absolute atomic E-state index is 0.0750. The number of rotatable bonds is 5. The zero-order valence-corrected chi connectivity index (χ0v) is 11.1. The van der Waals surface area contributed by atoms with Crippen LogP contribution in [0.2, 0.25) is 0 Å². The molecule has 2 rings (SSSR count). The van der Waals surface area contributed by atoms with Crippen LogP contribution < -0.4 is 5.73 Å². The molecule has 2 heterocycles. The van der Waals surface area contributed by atoms with Crippen LogP contribution in [-0.4, -0.2) is 47.3 Å². The van der Waals surface area contributed by atoms with Crippen molar-refractivity contribution in [2.75, 3.05) is 26.2 Å². The molecule has 1 aromatic rings. The topological polar surface area (TPSA) is 77.4 Å². The number of aromatic nitrogens is 2. The Bertz CT molecular complexity index is 369. The van der Waals surface area contributed by atoms with Crippen molar-refractivity contribution in [3.8, 4) is 0 Å². The average Bonchev–Trinajstić information content (AvgIpc) is 2.87. The van der Waals surface area contributed by atoms with Crippen molar-refractivity contribution < 1.29 is 9.26 Å². The highest BCUT2D eigenvalue weighted by Crippen LogP contribution is 2.19. The van der Waals surface area contributed by atoms with Gasteiger partial charge in [0.2, 0.25) is 11.7 Å². The number of ether oxygens (including phenoxy) is 1. The van der Waals surface area contributed by atoms with Gasteiger partial charge in [0.25, 0.3) is 0 Å². The van der Waals surface area contributed by atoms with Gasteiger partial charge < -0.3 is 15.0 Å². The van der Waals surface area contributed by atoms with Crippen LogP contribution in [0, 0.1) is 0 Å². The van der Waals surface area contributed by atoms with Gasteiger partial charge >= 0.3 is 0 Å². The van der Waals surface area contributed by atoms with Crippen LogP contribution in [0.25, 0.3) is 0 Å². The van der Waals surface area contributed by atoms with Gasteiger partial charge in [-0.3, -0.25) is 4.90 Å². The fourth-order valence-corrected chi connectivity index (χ4v) is 2.00. The van der Waals surface area contributed by atoms with E-state index in [0.29, 0.717) is 18.1 Å². The van der Waals surface area contributed by atoms with E-state index in [0.717, 1.165) is 32.7 Å². The first-order valence-corrected chi connectivity index (χ1v) is 6.65. The maximum atomic E-state index is 5.87. The van der Waals surface area contributed by atoms with Crippen molar-refractivity contribution in [2.24, 2.45) is 5.73 Å². The van der Waals surface area contributed by atoms with Crippen molar-refractivity contribution in [1.82, 2.24) is 15.0 Å². The van der Waals surface area contributed by atoms with Crippen molar-refractivity contribution in [1.29, 1.82) is 0 Å². The lowest BCUT2D eigenvalue weighted by molar-refractivity contribution is -0.0334. The Morgan fingerprint density at radius 2 is 2.33 bits per heavy atom. The summed E-state index contributed by atoms with van der Waals surface area (Å²) in [7, 11) is 0. The Morgan fingerprint density at radius 1 is 1.50 bits per heavy atom. The zero-order valence-electron chi connectivity index (χ0n) is 11.1. The van der Waals surface area contributed by atoms with E-state index in [2.05, 4.69) is 22.0 Å². The summed E-state index contributed by atoms with van der Waals surface area (Å²) >= 11 is 0. The Labute approximate surface area is 107 Å². The molecule has 18 heavy (non-hydrogen) atoms. The van der Waals surface area contributed by atoms with Crippen LogP contribution in [0.15, 0.2) is 4.52 Å². The van der Waals surface area contributed by atoms with Crippen LogP contribution in [0.1, 0.15) is 38.1 Å². The molecule has 0 saturated carbocycles. The third kappa shape index (κ3) is 3.28. The fraction of sp³-hybridized carbons (Fsp3) is 0.833. The molecule has 6 heteroatoms. The minimum atomic E-state index is -0.0750. The Kier molecular flexibility index (Phi) is 4.68. The molecule has 0 aromatic carbocycles. The minimum Gasteiger partial charge on any atom is -0.367 e. The summed E-state index contributed by atoms with van der Waals surface area (Å²) in [6, 6.07) is 0.0812. The van der Waals surface area contributed by atoms with E-state index in [1.807, 2.05) is 6.92 Å². The second-order valence-electron chi connectivity index (χ2n) is 4.67. The zero-order chi connectivity index (χ0) is 13.0. The van der Waals surface area contributed by atoms with E-state index in [1.165, 1.54) is 0 Å². The number of morpholine rings is 1. The molecule has 1 aliphatic heterocycles. The second-order valence-corrected chi connectivity index (χ2v) is 4.67. The van der Waals surface area contributed by atoms with Crippen molar-refractivity contribution in [3.05, 3.63) is 11.7 Å². The van der Waals surface area contributed by atoms with E-state index < -0.39 is 0 Å². The normalized spacial score (nSPS) is 23.2. The lowest BCUT2D eigenvalue weighted by Gasteiger charge is -2.30. The molecule has 1 saturated heterocycles. The Hall–Kier alpha value is -0.980. The van der Waals surface area contributed by atoms with E-state index in [1.54, 1.807) is 0 Å². The van der Waals surface area contributed by atoms with E-state index >= 15 is 0 Å². The molecule has 0 aliphatic carbocycles. The van der Waals surface area contributed by atoms with Gasteiger partial charge in [0, 0.05) is 25.6 Å². The largest absolute Gasteiger partial charge is 0.367 e. The molecule has 0 bridgehead atoms. The summed E-state index contributed by atoms with van der Waals surface area (Å²) in [5.41, 5.74) is 5.87. The quantitative estimate of drug-likeness (QED) is 0.835. The number of nitrogens with zero attached hydrogens (tertiary/aromatic N) is 3. The first-order chi connectivity index (χ1) is 8.72. The summed E-state index contributed by atoms with van der Waals surface area (Å²) in [6.45, 7) is 7.73. The third-order valence-electron chi connectivity index (χ3n) is 3.33. The Balaban J connectivity index is 1.96. The Morgan fingerprint density at radius 3 is 3.06 bits per heavy atom. The lowest BCUT2D eigenvalue weighted by atomic mass is 10.2. The molecular formula is C12H22N4O2. The van der Waals surface area contributed by atoms with E-state index in [9.17, 15) is 0 Å². The van der Waals surface area contributed by atoms with Crippen LogP contribution in [0.3, 0.4) is 0 Å². The van der Waals surface area contributed by atoms with Crippen LogP contribution >= 0.6 is 0 Å². The highest BCUT2D eigenvalue weighted by atomic mass is 16.5. The summed E-state index contributed by atoms with van der Waals surface area (Å²) in [6.07, 6.45) is 1.46. The van der Waals surface area contributed by atoms with Crippen molar-refractivity contribution in [3.63, 3.8) is 0 Å². The summed E-state index contributed by atoms with van der Waals surface area (Å²) in [4.78, 5) is 6.70. The number of likely N-dealkylation sites (N-methyl/N-ethyl adjacent to an activating group) is 1. The van der Waals surface area contributed by atoms with Crippen LogP contribution in [0.4, 0.5) is 0 Å². The highest BCUT2D eigenvalue weighted by Gasteiger charge is 2.25. The third-order valence-corrected chi connectivity index (χ3v) is 3.33. The first-order valence-electron chi connectivity index (χ1n) is 6.65. The number of hydrogen-bond donors (Lipinski definition) is 1. The summed E-state index contributed by atoms with van der Waals surface area (Å²) < 4.78 is 10.9. The summed E-state index contributed by atoms with van der Waals surface area (Å²) in [5, 5.41) is 4.00. The molecule has 2 N–H and O–H groups in total. The SMILES string of the molecule is CCC(N)Cc1nc(C2CN(CC)CCO2)no1. The predicted molar refractivity (Wildman–Crippen MR) is 67.1 cm³/mol. The van der Waals surface area contributed by atoms with Gasteiger partial charge in [-0.05, 0) is 13.0 Å². The van der Waals surface area contributed by atoms with Gasteiger partial charge in [-0.1, -0.05) is 19.0 Å². The second kappa shape index (κ2) is 6.26. The molecule has 102 valence electrons. The van der Waals surface area contributed by atoms with Gasteiger partial charge in [-0.25, -0.2) is 0 Å². The molecule has 6 nitrogen and oxygen atoms in total. The lowest BCUT2D eigenvalue weighted by Crippen LogP contribution is -2.38. The van der Waals surface area contributed by atoms with Crippen LogP contribution in [0.5, 0.6) is 0 Å². The molecule has 1 aliphatic rings. The fourth-order valence-electron chi connectivity index (χ4n) is 2.00. The molecule has 0 amide bonds. The maximum Gasteiger partial charge on any atom is 0.228 e. The van der Waals surface area contributed by atoms with Gasteiger partial charge in [0.15, 0.2) is 0 Å². The molecule has 0 spiro atoms. The van der Waals surface area contributed by atoms with Gasteiger partial charge in [-0.2, -0.15) is 4.98 Å². The molecule has 1 aromatic heterocycles. The van der Waals surface area contributed by atoms with Gasteiger partial charge in [0.1, 0.15) is 6.10 Å². The van der Waals surface area contributed by atoms with E-state index in [-0.39, 0.29) is 12.1 Å². The molecule has 2 atom stereocenters. The highest BCUT2D eigenvalue weighted by molar-refractivity contribution is 4.95. The number of nitrogens with two attached hydrogens (primary N) is 1. The maximum absolute atomic E-state index is 5.87. The molecule has 2 unspecified atom stereocenters.